The van der Waals surface area contributed by atoms with E-state index in [4.69, 9.17) is 14.2 Å². The standard InChI is InChI=1S/C28H31NO4S/c1-31-24-16-19-10-12-22(29-15-14-18-8-6-5-7-9-18)21-17-23(30)25(34-4)13-11-20(21)26(19)28(33-3)27(24)32-2/h5-9,11,13,16-17,22,29H,10,12,14-15H2,1-4H3/t22-/m0/s1. The van der Waals surface area contributed by atoms with Crippen molar-refractivity contribution in [2.45, 2.75) is 30.2 Å². The molecule has 1 aliphatic carbocycles. The van der Waals surface area contributed by atoms with Gasteiger partial charge in [-0.05, 0) is 72.5 Å². The number of benzene rings is 2. The Morgan fingerprint density at radius 3 is 2.41 bits per heavy atom. The molecule has 0 spiro atoms. The van der Waals surface area contributed by atoms with Crippen LogP contribution >= 0.6 is 11.8 Å². The maximum Gasteiger partial charge on any atom is 0.203 e. The molecule has 0 radical (unpaired) electrons. The van der Waals surface area contributed by atoms with Gasteiger partial charge in [0.2, 0.25) is 5.75 Å². The Kier molecular flexibility index (Phi) is 7.80. The van der Waals surface area contributed by atoms with Gasteiger partial charge in [0.05, 0.1) is 26.2 Å². The Balaban J connectivity index is 1.84. The molecule has 0 saturated heterocycles. The van der Waals surface area contributed by atoms with E-state index in [1.807, 2.05) is 30.5 Å². The minimum absolute atomic E-state index is 0.0302. The van der Waals surface area contributed by atoms with Gasteiger partial charge in [0.15, 0.2) is 16.9 Å². The lowest BCUT2D eigenvalue weighted by Crippen LogP contribution is -2.24. The molecule has 1 aliphatic rings. The molecule has 4 rings (SSSR count). The maximum absolute atomic E-state index is 13.0. The Bertz CT molecular complexity index is 1210. The van der Waals surface area contributed by atoms with Gasteiger partial charge in [-0.25, -0.2) is 0 Å². The molecule has 1 atom stereocenters. The first-order valence-electron chi connectivity index (χ1n) is 11.4. The van der Waals surface area contributed by atoms with E-state index in [-0.39, 0.29) is 11.5 Å². The van der Waals surface area contributed by atoms with Crippen LogP contribution in [-0.2, 0) is 12.8 Å². The Labute approximate surface area is 205 Å². The van der Waals surface area contributed by atoms with E-state index < -0.39 is 0 Å². The van der Waals surface area contributed by atoms with Gasteiger partial charge in [-0.15, -0.1) is 11.8 Å². The van der Waals surface area contributed by atoms with Crippen molar-refractivity contribution in [3.63, 3.8) is 0 Å². The summed E-state index contributed by atoms with van der Waals surface area (Å²) in [5.74, 6) is 1.83. The number of fused-ring (bicyclic) bond motifs is 3. The zero-order valence-electron chi connectivity index (χ0n) is 20.1. The molecular weight excluding hydrogens is 446 g/mol. The lowest BCUT2D eigenvalue weighted by Gasteiger charge is -2.20. The summed E-state index contributed by atoms with van der Waals surface area (Å²) in [4.78, 5) is 13.8. The van der Waals surface area contributed by atoms with Crippen LogP contribution in [0.5, 0.6) is 17.2 Å². The average Bonchev–Trinajstić information content (AvgIpc) is 3.11. The number of rotatable bonds is 8. The second-order valence-corrected chi connectivity index (χ2v) is 9.09. The zero-order valence-corrected chi connectivity index (χ0v) is 21.0. The van der Waals surface area contributed by atoms with Gasteiger partial charge >= 0.3 is 0 Å². The number of hydrogen-bond acceptors (Lipinski definition) is 6. The number of hydrogen-bond donors (Lipinski definition) is 1. The first kappa shape index (κ1) is 24.2. The third kappa shape index (κ3) is 4.79. The predicted octanol–water partition coefficient (Wildman–Crippen LogP) is 5.28. The van der Waals surface area contributed by atoms with Gasteiger partial charge in [-0.1, -0.05) is 36.4 Å². The van der Waals surface area contributed by atoms with Crippen LogP contribution in [0.1, 0.15) is 29.2 Å². The van der Waals surface area contributed by atoms with Crippen LogP contribution in [0.4, 0.5) is 0 Å². The third-order valence-electron chi connectivity index (χ3n) is 6.37. The van der Waals surface area contributed by atoms with Crippen LogP contribution in [0.15, 0.2) is 64.3 Å². The fraction of sp³-hybridized carbons (Fsp3) is 0.321. The van der Waals surface area contributed by atoms with Crippen molar-refractivity contribution in [1.82, 2.24) is 5.32 Å². The van der Waals surface area contributed by atoms with Crippen LogP contribution < -0.4 is 25.0 Å². The summed E-state index contributed by atoms with van der Waals surface area (Å²) in [5, 5.41) is 3.73. The Morgan fingerprint density at radius 2 is 1.74 bits per heavy atom. The number of aryl methyl sites for hydroxylation is 1. The topological polar surface area (TPSA) is 56.8 Å². The molecule has 6 heteroatoms. The van der Waals surface area contributed by atoms with Crippen LogP contribution in [0, 0.1) is 0 Å². The highest BCUT2D eigenvalue weighted by Crippen LogP contribution is 2.50. The van der Waals surface area contributed by atoms with Gasteiger partial charge in [0, 0.05) is 11.6 Å². The molecule has 0 amide bonds. The second kappa shape index (κ2) is 11.0. The molecule has 0 aliphatic heterocycles. The largest absolute Gasteiger partial charge is 0.493 e. The van der Waals surface area contributed by atoms with Crippen LogP contribution in [0.2, 0.25) is 0 Å². The second-order valence-electron chi connectivity index (χ2n) is 8.24. The Hall–Kier alpha value is -2.96. The molecular formula is C28H31NO4S. The number of thioether (sulfide) groups is 1. The maximum atomic E-state index is 13.0. The molecule has 0 saturated carbocycles. The molecule has 178 valence electrons. The van der Waals surface area contributed by atoms with Crippen molar-refractivity contribution in [3.8, 4) is 28.4 Å². The Morgan fingerprint density at radius 1 is 0.971 bits per heavy atom. The van der Waals surface area contributed by atoms with Crippen molar-refractivity contribution in [2.24, 2.45) is 0 Å². The quantitative estimate of drug-likeness (QED) is 0.446. The van der Waals surface area contributed by atoms with Gasteiger partial charge in [-0.3, -0.25) is 4.79 Å². The third-order valence-corrected chi connectivity index (χ3v) is 7.14. The molecule has 3 aromatic rings. The minimum Gasteiger partial charge on any atom is -0.493 e. The van der Waals surface area contributed by atoms with E-state index in [0.717, 1.165) is 53.0 Å². The van der Waals surface area contributed by atoms with Crippen LogP contribution in [0.25, 0.3) is 11.1 Å². The lowest BCUT2D eigenvalue weighted by atomic mass is 9.95. The van der Waals surface area contributed by atoms with Gasteiger partial charge in [0.1, 0.15) is 0 Å². The van der Waals surface area contributed by atoms with E-state index >= 15 is 0 Å². The summed E-state index contributed by atoms with van der Waals surface area (Å²) in [6.07, 6.45) is 4.52. The fourth-order valence-corrected chi connectivity index (χ4v) is 5.18. The first-order valence-corrected chi connectivity index (χ1v) is 12.7. The van der Waals surface area contributed by atoms with Crippen molar-refractivity contribution in [2.75, 3.05) is 34.1 Å². The van der Waals surface area contributed by atoms with E-state index in [2.05, 4.69) is 29.6 Å². The zero-order chi connectivity index (χ0) is 24.1. The van der Waals surface area contributed by atoms with E-state index in [9.17, 15) is 4.79 Å². The predicted molar refractivity (Wildman–Crippen MR) is 139 cm³/mol. The minimum atomic E-state index is 0.0302. The molecule has 5 nitrogen and oxygen atoms in total. The number of methoxy groups -OCH3 is 3. The number of nitrogens with one attached hydrogen (secondary N) is 1. The van der Waals surface area contributed by atoms with Gasteiger partial charge in [0.25, 0.3) is 0 Å². The lowest BCUT2D eigenvalue weighted by molar-refractivity contribution is 0.324. The van der Waals surface area contributed by atoms with Crippen molar-refractivity contribution < 1.29 is 14.2 Å². The van der Waals surface area contributed by atoms with Gasteiger partial charge < -0.3 is 19.5 Å². The smallest absolute Gasteiger partial charge is 0.203 e. The van der Waals surface area contributed by atoms with E-state index in [1.54, 1.807) is 27.4 Å². The van der Waals surface area contributed by atoms with Crippen LogP contribution in [-0.4, -0.2) is 34.1 Å². The summed E-state index contributed by atoms with van der Waals surface area (Å²) in [6.45, 7) is 0.816. The van der Waals surface area contributed by atoms with Crippen molar-refractivity contribution >= 4 is 11.8 Å². The molecule has 0 fully saturated rings. The highest BCUT2D eigenvalue weighted by molar-refractivity contribution is 7.98. The first-order chi connectivity index (χ1) is 16.6. The highest BCUT2D eigenvalue weighted by Gasteiger charge is 2.28. The summed E-state index contributed by atoms with van der Waals surface area (Å²) in [7, 11) is 4.90. The summed E-state index contributed by atoms with van der Waals surface area (Å²) >= 11 is 1.47. The fourth-order valence-electron chi connectivity index (χ4n) is 4.71. The highest BCUT2D eigenvalue weighted by atomic mass is 32.2. The SMILES string of the molecule is COc1cc2c(c(OC)c1OC)-c1ccc(SC)c(=O)cc1[C@@H](NCCc1ccccc1)CC2. The normalized spacial score (nSPS) is 14.5. The summed E-state index contributed by atoms with van der Waals surface area (Å²) in [5.41, 5.74) is 5.38. The van der Waals surface area contributed by atoms with E-state index in [0.29, 0.717) is 17.2 Å². The molecule has 0 heterocycles. The monoisotopic (exact) mass is 477 g/mol. The average molecular weight is 478 g/mol. The molecule has 1 N–H and O–H groups in total. The van der Waals surface area contributed by atoms with Crippen molar-refractivity contribution in [3.05, 3.63) is 81.5 Å². The molecule has 3 aromatic carbocycles. The van der Waals surface area contributed by atoms with Gasteiger partial charge in [-0.2, -0.15) is 0 Å². The number of ether oxygens (including phenoxy) is 3. The summed E-state index contributed by atoms with van der Waals surface area (Å²) in [6, 6.07) is 18.3. The molecule has 0 unspecified atom stereocenters. The van der Waals surface area contributed by atoms with Crippen LogP contribution in [0.3, 0.4) is 0 Å². The molecule has 0 bridgehead atoms. The molecule has 34 heavy (non-hydrogen) atoms. The summed E-state index contributed by atoms with van der Waals surface area (Å²) < 4.78 is 17.2. The van der Waals surface area contributed by atoms with E-state index in [1.165, 1.54) is 17.3 Å². The molecule has 0 aromatic heterocycles. The van der Waals surface area contributed by atoms with Crippen molar-refractivity contribution in [1.29, 1.82) is 0 Å².